The van der Waals surface area contributed by atoms with Gasteiger partial charge >= 0.3 is 0 Å². The Balaban J connectivity index is 1.79. The van der Waals surface area contributed by atoms with Crippen LogP contribution in [0.4, 0.5) is 4.39 Å². The summed E-state index contributed by atoms with van der Waals surface area (Å²) in [6.07, 6.45) is 4.51. The molecule has 6 nitrogen and oxygen atoms in total. The summed E-state index contributed by atoms with van der Waals surface area (Å²) < 4.78 is 18.6. The third-order valence-electron chi connectivity index (χ3n) is 4.58. The van der Waals surface area contributed by atoms with Crippen LogP contribution in [0.1, 0.15) is 27.7 Å². The number of pyridine rings is 1. The predicted molar refractivity (Wildman–Crippen MR) is 96.6 cm³/mol. The summed E-state index contributed by atoms with van der Waals surface area (Å²) in [5.74, 6) is -2.35. The molecule has 140 valence electrons. The fourth-order valence-electron chi connectivity index (χ4n) is 3.27. The van der Waals surface area contributed by atoms with Crippen LogP contribution in [-0.2, 0) is 11.3 Å². The van der Waals surface area contributed by atoms with Crippen LogP contribution in [-0.4, -0.2) is 26.7 Å². The maximum absolute atomic E-state index is 13.4. The number of rotatable bonds is 5. The number of aromatic nitrogens is 1. The van der Waals surface area contributed by atoms with Crippen molar-refractivity contribution in [3.05, 3.63) is 101 Å². The average Bonchev–Trinajstić information content (AvgIpc) is 3.33. The smallest absolute Gasteiger partial charge is 0.290 e. The first-order valence-corrected chi connectivity index (χ1v) is 8.53. The van der Waals surface area contributed by atoms with Gasteiger partial charge in [0.1, 0.15) is 5.82 Å². The molecule has 0 saturated heterocycles. The lowest BCUT2D eigenvalue weighted by Crippen LogP contribution is -2.30. The van der Waals surface area contributed by atoms with Crippen LogP contribution in [0.25, 0.3) is 0 Å². The summed E-state index contributed by atoms with van der Waals surface area (Å²) in [4.78, 5) is 31.0. The SMILES string of the molecule is O=C(C1=C(O)C(=O)N(Cc2ccncc2)C1c1ccc(F)cc1)c1ccco1. The van der Waals surface area contributed by atoms with Gasteiger partial charge in [-0.1, -0.05) is 12.1 Å². The highest BCUT2D eigenvalue weighted by molar-refractivity contribution is 6.14. The van der Waals surface area contributed by atoms with E-state index in [4.69, 9.17) is 4.42 Å². The molecular formula is C21H15FN2O4. The second-order valence-electron chi connectivity index (χ2n) is 6.31. The second kappa shape index (κ2) is 7.11. The molecule has 3 heterocycles. The summed E-state index contributed by atoms with van der Waals surface area (Å²) >= 11 is 0. The zero-order valence-corrected chi connectivity index (χ0v) is 14.6. The second-order valence-corrected chi connectivity index (χ2v) is 6.31. The van der Waals surface area contributed by atoms with Crippen molar-refractivity contribution in [3.63, 3.8) is 0 Å². The third-order valence-corrected chi connectivity index (χ3v) is 4.58. The van der Waals surface area contributed by atoms with Crippen LogP contribution >= 0.6 is 0 Å². The van der Waals surface area contributed by atoms with Crippen molar-refractivity contribution >= 4 is 11.7 Å². The summed E-state index contributed by atoms with van der Waals surface area (Å²) in [5.41, 5.74) is 1.18. The number of Topliss-reactive ketones (excluding diaryl/α,β-unsaturated/α-hetero) is 1. The third kappa shape index (κ3) is 3.07. The van der Waals surface area contributed by atoms with Crippen LogP contribution in [0.2, 0.25) is 0 Å². The average molecular weight is 378 g/mol. The van der Waals surface area contributed by atoms with Gasteiger partial charge in [-0.3, -0.25) is 14.6 Å². The molecule has 0 saturated carbocycles. The van der Waals surface area contributed by atoms with Gasteiger partial charge in [0.2, 0.25) is 5.78 Å². The molecular weight excluding hydrogens is 363 g/mol. The molecule has 1 amide bonds. The fraction of sp³-hybridized carbons (Fsp3) is 0.0952. The Hall–Kier alpha value is -3.74. The zero-order chi connectivity index (χ0) is 19.7. The summed E-state index contributed by atoms with van der Waals surface area (Å²) in [7, 11) is 0. The van der Waals surface area contributed by atoms with E-state index >= 15 is 0 Å². The van der Waals surface area contributed by atoms with E-state index in [0.717, 1.165) is 5.56 Å². The molecule has 3 aromatic rings. The van der Waals surface area contributed by atoms with Crippen molar-refractivity contribution in [1.29, 1.82) is 0 Å². The molecule has 1 aliphatic rings. The number of benzene rings is 1. The van der Waals surface area contributed by atoms with Crippen LogP contribution < -0.4 is 0 Å². The molecule has 1 atom stereocenters. The lowest BCUT2D eigenvalue weighted by Gasteiger charge is -2.26. The first kappa shape index (κ1) is 17.7. The first-order valence-electron chi connectivity index (χ1n) is 8.53. The normalized spacial score (nSPS) is 16.7. The van der Waals surface area contributed by atoms with Crippen molar-refractivity contribution in [1.82, 2.24) is 9.88 Å². The maximum Gasteiger partial charge on any atom is 0.290 e. The Morgan fingerprint density at radius 2 is 1.86 bits per heavy atom. The van der Waals surface area contributed by atoms with E-state index in [0.29, 0.717) is 5.56 Å². The van der Waals surface area contributed by atoms with Gasteiger partial charge in [-0.25, -0.2) is 4.39 Å². The Morgan fingerprint density at radius 1 is 1.14 bits per heavy atom. The Morgan fingerprint density at radius 3 is 2.50 bits per heavy atom. The maximum atomic E-state index is 13.4. The van der Waals surface area contributed by atoms with E-state index in [1.807, 2.05) is 0 Å². The predicted octanol–water partition coefficient (Wildman–Crippen LogP) is 3.59. The lowest BCUT2D eigenvalue weighted by molar-refractivity contribution is -0.130. The van der Waals surface area contributed by atoms with Gasteiger partial charge in [-0.05, 0) is 47.5 Å². The minimum absolute atomic E-state index is 0.00669. The van der Waals surface area contributed by atoms with Gasteiger partial charge in [0.15, 0.2) is 11.5 Å². The van der Waals surface area contributed by atoms with Gasteiger partial charge in [0, 0.05) is 18.9 Å². The molecule has 4 rings (SSSR count). The summed E-state index contributed by atoms with van der Waals surface area (Å²) in [6, 6.07) is 11.1. The van der Waals surface area contributed by atoms with Crippen LogP contribution in [0.3, 0.4) is 0 Å². The van der Waals surface area contributed by atoms with Crippen LogP contribution in [0.5, 0.6) is 0 Å². The van der Waals surface area contributed by atoms with Gasteiger partial charge in [-0.2, -0.15) is 0 Å². The number of hydrogen-bond acceptors (Lipinski definition) is 5. The first-order chi connectivity index (χ1) is 13.6. The standard InChI is InChI=1S/C21H15FN2O4/c22-15-5-3-14(4-6-15)18-17(19(25)16-2-1-11-28-16)20(26)21(27)24(18)12-13-7-9-23-10-8-13/h1-11,18,26H,12H2. The molecule has 0 radical (unpaired) electrons. The van der Waals surface area contributed by atoms with Crippen molar-refractivity contribution in [3.8, 4) is 0 Å². The van der Waals surface area contributed by atoms with Gasteiger partial charge < -0.3 is 14.4 Å². The van der Waals surface area contributed by atoms with E-state index in [2.05, 4.69) is 4.98 Å². The number of ketones is 1. The number of carbonyl (C=O) groups excluding carboxylic acids is 2. The molecule has 1 aliphatic heterocycles. The minimum atomic E-state index is -0.876. The number of carbonyl (C=O) groups is 2. The highest BCUT2D eigenvalue weighted by atomic mass is 19.1. The van der Waals surface area contributed by atoms with E-state index in [1.165, 1.54) is 41.5 Å². The number of hydrogen-bond donors (Lipinski definition) is 1. The molecule has 7 heteroatoms. The minimum Gasteiger partial charge on any atom is -0.503 e. The molecule has 0 fully saturated rings. The molecule has 1 N–H and O–H groups in total. The van der Waals surface area contributed by atoms with E-state index < -0.39 is 29.3 Å². The molecule has 0 spiro atoms. The van der Waals surface area contributed by atoms with E-state index in [9.17, 15) is 19.1 Å². The molecule has 0 bridgehead atoms. The molecule has 1 aromatic carbocycles. The highest BCUT2D eigenvalue weighted by Gasteiger charge is 2.44. The number of aliphatic hydroxyl groups excluding tert-OH is 1. The topological polar surface area (TPSA) is 83.6 Å². The lowest BCUT2D eigenvalue weighted by atomic mass is 9.95. The number of furan rings is 1. The van der Waals surface area contributed by atoms with Gasteiger partial charge in [0.25, 0.3) is 5.91 Å². The quantitative estimate of drug-likeness (QED) is 0.686. The number of amides is 1. The van der Waals surface area contributed by atoms with E-state index in [1.54, 1.807) is 30.6 Å². The number of nitrogens with zero attached hydrogens (tertiary/aromatic N) is 2. The van der Waals surface area contributed by atoms with Crippen LogP contribution in [0, 0.1) is 5.82 Å². The molecule has 0 aliphatic carbocycles. The van der Waals surface area contributed by atoms with Crippen LogP contribution in [0.15, 0.2) is 82.9 Å². The van der Waals surface area contributed by atoms with Crippen molar-refractivity contribution < 1.29 is 23.5 Å². The van der Waals surface area contributed by atoms with Crippen molar-refractivity contribution in [2.45, 2.75) is 12.6 Å². The number of halogens is 1. The van der Waals surface area contributed by atoms with E-state index in [-0.39, 0.29) is 17.9 Å². The summed E-state index contributed by atoms with van der Waals surface area (Å²) in [5, 5.41) is 10.5. The van der Waals surface area contributed by atoms with Crippen molar-refractivity contribution in [2.24, 2.45) is 0 Å². The Kier molecular flexibility index (Phi) is 4.49. The zero-order valence-electron chi connectivity index (χ0n) is 14.6. The Labute approximate surface area is 159 Å². The fourth-order valence-corrected chi connectivity index (χ4v) is 3.27. The number of aliphatic hydroxyl groups is 1. The summed E-state index contributed by atoms with van der Waals surface area (Å²) in [6.45, 7) is 0.141. The Bertz CT molecular complexity index is 1040. The van der Waals surface area contributed by atoms with Gasteiger partial charge in [0.05, 0.1) is 17.9 Å². The molecule has 28 heavy (non-hydrogen) atoms. The molecule has 2 aromatic heterocycles. The highest BCUT2D eigenvalue weighted by Crippen LogP contribution is 2.39. The van der Waals surface area contributed by atoms with Gasteiger partial charge in [-0.15, -0.1) is 0 Å². The largest absolute Gasteiger partial charge is 0.503 e. The molecule has 1 unspecified atom stereocenters. The van der Waals surface area contributed by atoms with Crippen molar-refractivity contribution in [2.75, 3.05) is 0 Å². The monoisotopic (exact) mass is 378 g/mol.